The minimum absolute atomic E-state index is 0.0238. The molecule has 4 rings (SSSR count). The van der Waals surface area contributed by atoms with Gasteiger partial charge in [-0.2, -0.15) is 0 Å². The Hall–Kier alpha value is -1.80. The van der Waals surface area contributed by atoms with Gasteiger partial charge in [0.25, 0.3) is 5.91 Å². The Balaban J connectivity index is 1.24. The van der Waals surface area contributed by atoms with E-state index in [0.717, 1.165) is 18.4 Å². The van der Waals surface area contributed by atoms with Gasteiger partial charge in [-0.1, -0.05) is 29.3 Å². The molecule has 2 aromatic carbocycles. The zero-order valence-corrected chi connectivity index (χ0v) is 19.7. The van der Waals surface area contributed by atoms with Gasteiger partial charge in [0.1, 0.15) is 5.82 Å². The van der Waals surface area contributed by atoms with Gasteiger partial charge in [-0.25, -0.2) is 4.39 Å². The molecule has 2 heterocycles. The van der Waals surface area contributed by atoms with E-state index in [1.54, 1.807) is 28.8 Å². The molecule has 1 spiro atoms. The van der Waals surface area contributed by atoms with Gasteiger partial charge in [-0.3, -0.25) is 14.9 Å². The van der Waals surface area contributed by atoms with Crippen LogP contribution in [0.4, 0.5) is 4.39 Å². The molecule has 170 valence electrons. The highest BCUT2D eigenvalue weighted by molar-refractivity contribution is 8.01. The van der Waals surface area contributed by atoms with Crippen molar-refractivity contribution in [3.8, 4) is 0 Å². The van der Waals surface area contributed by atoms with Crippen LogP contribution in [0.15, 0.2) is 42.5 Å². The van der Waals surface area contributed by atoms with Crippen molar-refractivity contribution in [2.45, 2.75) is 30.2 Å². The van der Waals surface area contributed by atoms with Crippen LogP contribution in [0.3, 0.4) is 0 Å². The van der Waals surface area contributed by atoms with E-state index in [9.17, 15) is 14.0 Å². The molecule has 1 atom stereocenters. The highest BCUT2D eigenvalue weighted by Gasteiger charge is 2.44. The third-order valence-corrected chi connectivity index (χ3v) is 8.10. The van der Waals surface area contributed by atoms with E-state index in [1.807, 2.05) is 6.07 Å². The fraction of sp³-hybridized carbons (Fsp3) is 0.391. The number of carbonyl (C=O) groups is 2. The highest BCUT2D eigenvalue weighted by Crippen LogP contribution is 2.39. The summed E-state index contributed by atoms with van der Waals surface area (Å²) in [5.74, 6) is 0.230. The number of likely N-dealkylation sites (tertiary alicyclic amines) is 1. The Bertz CT molecular complexity index is 997. The number of hydrogen-bond acceptors (Lipinski definition) is 4. The summed E-state index contributed by atoms with van der Waals surface area (Å²) < 4.78 is 13.1. The third-order valence-electron chi connectivity index (χ3n) is 5.94. The number of hydrogen-bond donors (Lipinski definition) is 2. The van der Waals surface area contributed by atoms with Crippen molar-refractivity contribution in [3.63, 3.8) is 0 Å². The Labute approximate surface area is 201 Å². The smallest absolute Gasteiger partial charge is 0.253 e. The zero-order valence-electron chi connectivity index (χ0n) is 17.4. The quantitative estimate of drug-likeness (QED) is 0.654. The van der Waals surface area contributed by atoms with Crippen LogP contribution in [-0.2, 0) is 11.2 Å². The molecular formula is C23H24Cl2FN3O2S. The molecule has 2 N–H and O–H groups in total. The summed E-state index contributed by atoms with van der Waals surface area (Å²) >= 11 is 13.9. The van der Waals surface area contributed by atoms with Crippen LogP contribution in [0.25, 0.3) is 0 Å². The number of benzene rings is 2. The van der Waals surface area contributed by atoms with E-state index < -0.39 is 0 Å². The van der Waals surface area contributed by atoms with Crippen molar-refractivity contribution in [1.82, 2.24) is 15.5 Å². The maximum absolute atomic E-state index is 13.1. The molecule has 0 bridgehead atoms. The lowest BCUT2D eigenvalue weighted by molar-refractivity contribution is -0.122. The van der Waals surface area contributed by atoms with Gasteiger partial charge in [0.15, 0.2) is 0 Å². The van der Waals surface area contributed by atoms with Crippen molar-refractivity contribution >= 4 is 46.8 Å². The van der Waals surface area contributed by atoms with E-state index in [-0.39, 0.29) is 28.5 Å². The number of nitrogens with zero attached hydrogens (tertiary/aromatic N) is 1. The molecule has 1 unspecified atom stereocenters. The Morgan fingerprint density at radius 3 is 2.56 bits per heavy atom. The largest absolute Gasteiger partial charge is 0.354 e. The molecular weight excluding hydrogens is 472 g/mol. The normalized spacial score (nSPS) is 19.8. The number of halogens is 3. The van der Waals surface area contributed by atoms with E-state index >= 15 is 0 Å². The molecule has 5 nitrogen and oxygen atoms in total. The summed E-state index contributed by atoms with van der Waals surface area (Å²) in [6.07, 6.45) is 2.15. The Morgan fingerprint density at radius 1 is 1.16 bits per heavy atom. The first kappa shape index (κ1) is 23.4. The third kappa shape index (κ3) is 5.39. The van der Waals surface area contributed by atoms with Crippen molar-refractivity contribution < 1.29 is 14.0 Å². The van der Waals surface area contributed by atoms with Crippen molar-refractivity contribution in [2.24, 2.45) is 0 Å². The lowest BCUT2D eigenvalue weighted by Crippen LogP contribution is -2.54. The van der Waals surface area contributed by atoms with Crippen molar-refractivity contribution in [3.05, 3.63) is 69.5 Å². The molecule has 2 aliphatic heterocycles. The molecule has 2 saturated heterocycles. The van der Waals surface area contributed by atoms with Crippen LogP contribution in [0.1, 0.15) is 28.8 Å². The predicted octanol–water partition coefficient (Wildman–Crippen LogP) is 4.13. The topological polar surface area (TPSA) is 61.4 Å². The SMILES string of the molecule is O=C(NCCc1ccc(Cl)cc1Cl)C1CSC2(CCN(C(=O)c3ccc(F)cc3)CC2)N1. The Morgan fingerprint density at radius 2 is 1.88 bits per heavy atom. The molecule has 9 heteroatoms. The maximum Gasteiger partial charge on any atom is 0.253 e. The lowest BCUT2D eigenvalue weighted by Gasteiger charge is -2.39. The van der Waals surface area contributed by atoms with Gasteiger partial charge in [-0.15, -0.1) is 11.8 Å². The minimum Gasteiger partial charge on any atom is -0.354 e. The molecule has 0 aliphatic carbocycles. The summed E-state index contributed by atoms with van der Waals surface area (Å²) in [4.78, 5) is 26.9. The van der Waals surface area contributed by atoms with E-state index in [1.165, 1.54) is 24.3 Å². The number of piperidine rings is 1. The van der Waals surface area contributed by atoms with Gasteiger partial charge in [-0.05, 0) is 61.2 Å². The van der Waals surface area contributed by atoms with E-state index in [4.69, 9.17) is 23.2 Å². The molecule has 32 heavy (non-hydrogen) atoms. The Kier molecular flexibility index (Phi) is 7.30. The predicted molar refractivity (Wildman–Crippen MR) is 127 cm³/mol. The standard InChI is InChI=1S/C23H24Cl2FN3O2S/c24-17-4-1-15(19(25)13-17)7-10-27-21(30)20-14-32-23(28-20)8-11-29(12-9-23)22(31)16-2-5-18(26)6-3-16/h1-6,13,20,28H,7-12,14H2,(H,27,30). The van der Waals surface area contributed by atoms with Gasteiger partial charge < -0.3 is 10.2 Å². The van der Waals surface area contributed by atoms with E-state index in [0.29, 0.717) is 47.4 Å². The number of carbonyl (C=O) groups excluding carboxylic acids is 2. The fourth-order valence-corrected chi connectivity index (χ4v) is 6.01. The summed E-state index contributed by atoms with van der Waals surface area (Å²) in [5, 5.41) is 7.68. The summed E-state index contributed by atoms with van der Waals surface area (Å²) in [7, 11) is 0. The second-order valence-electron chi connectivity index (χ2n) is 8.08. The first-order chi connectivity index (χ1) is 15.3. The van der Waals surface area contributed by atoms with Gasteiger partial charge in [0.2, 0.25) is 5.91 Å². The summed E-state index contributed by atoms with van der Waals surface area (Å²) in [5.41, 5.74) is 1.44. The van der Waals surface area contributed by atoms with Crippen LogP contribution >= 0.6 is 35.0 Å². The van der Waals surface area contributed by atoms with Crippen molar-refractivity contribution in [1.29, 1.82) is 0 Å². The summed E-state index contributed by atoms with van der Waals surface area (Å²) in [6, 6.07) is 10.7. The molecule has 2 amide bonds. The van der Waals surface area contributed by atoms with Crippen LogP contribution in [-0.4, -0.2) is 53.0 Å². The fourth-order valence-electron chi connectivity index (χ4n) is 4.09. The lowest BCUT2D eigenvalue weighted by atomic mass is 10.0. The molecule has 0 aromatic heterocycles. The molecule has 0 radical (unpaired) electrons. The van der Waals surface area contributed by atoms with E-state index in [2.05, 4.69) is 10.6 Å². The average molecular weight is 496 g/mol. The van der Waals surface area contributed by atoms with Gasteiger partial charge >= 0.3 is 0 Å². The summed E-state index contributed by atoms with van der Waals surface area (Å²) in [6.45, 7) is 1.69. The second-order valence-corrected chi connectivity index (χ2v) is 10.3. The first-order valence-electron chi connectivity index (χ1n) is 10.5. The zero-order chi connectivity index (χ0) is 22.7. The number of amides is 2. The maximum atomic E-state index is 13.1. The molecule has 2 aromatic rings. The van der Waals surface area contributed by atoms with Crippen LogP contribution in [0.5, 0.6) is 0 Å². The molecule has 2 aliphatic rings. The highest BCUT2D eigenvalue weighted by atomic mass is 35.5. The van der Waals surface area contributed by atoms with Gasteiger partial charge in [0, 0.05) is 41.0 Å². The first-order valence-corrected chi connectivity index (χ1v) is 12.3. The minimum atomic E-state index is -0.355. The molecule has 0 saturated carbocycles. The number of thioether (sulfide) groups is 1. The van der Waals surface area contributed by atoms with Crippen LogP contribution < -0.4 is 10.6 Å². The van der Waals surface area contributed by atoms with Crippen molar-refractivity contribution in [2.75, 3.05) is 25.4 Å². The van der Waals surface area contributed by atoms with Crippen LogP contribution in [0.2, 0.25) is 10.0 Å². The monoisotopic (exact) mass is 495 g/mol. The van der Waals surface area contributed by atoms with Gasteiger partial charge in [0.05, 0.1) is 10.9 Å². The number of rotatable bonds is 5. The number of nitrogens with one attached hydrogen (secondary N) is 2. The average Bonchev–Trinajstić information content (AvgIpc) is 3.19. The molecule has 2 fully saturated rings. The second kappa shape index (κ2) is 10.00. The van der Waals surface area contributed by atoms with Crippen LogP contribution in [0, 0.1) is 5.82 Å².